The lowest BCUT2D eigenvalue weighted by Gasteiger charge is -2.04. The van der Waals surface area contributed by atoms with E-state index in [1.54, 1.807) is 18.2 Å². The lowest BCUT2D eigenvalue weighted by molar-refractivity contribution is -0.116. The maximum absolute atomic E-state index is 11.7. The normalized spacial score (nSPS) is 10.6. The summed E-state index contributed by atoms with van der Waals surface area (Å²) in [7, 11) is 1.48. The topological polar surface area (TPSA) is 58.6 Å². The number of nitrogens with one attached hydrogen (secondary N) is 1. The molecular formula is C18H19NO3. The number of hydrogen-bond acceptors (Lipinski definition) is 3. The molecule has 0 aromatic heterocycles. The Hall–Kier alpha value is -2.75. The molecule has 0 spiro atoms. The number of rotatable bonds is 6. The number of hydrogen-bond donors (Lipinski definition) is 2. The monoisotopic (exact) mass is 297 g/mol. The van der Waals surface area contributed by atoms with Gasteiger partial charge in [0.1, 0.15) is 0 Å². The van der Waals surface area contributed by atoms with Crippen molar-refractivity contribution in [3.63, 3.8) is 0 Å². The molecule has 0 aliphatic rings. The Morgan fingerprint density at radius 3 is 2.73 bits per heavy atom. The number of methoxy groups -OCH3 is 1. The molecule has 0 bridgehead atoms. The first-order chi connectivity index (χ1) is 10.7. The fraction of sp³-hybridized carbons (Fsp3) is 0.167. The predicted octanol–water partition coefficient (Wildman–Crippen LogP) is 2.77. The maximum atomic E-state index is 11.7. The Morgan fingerprint density at radius 2 is 2.00 bits per heavy atom. The average Bonchev–Trinajstić information content (AvgIpc) is 2.55. The van der Waals surface area contributed by atoms with Crippen LogP contribution in [0.15, 0.2) is 54.6 Å². The molecule has 2 N–H and O–H groups in total. The highest BCUT2D eigenvalue weighted by Crippen LogP contribution is 2.26. The Bertz CT molecular complexity index is 651. The quantitative estimate of drug-likeness (QED) is 0.806. The number of phenolic OH excluding ortho intramolecular Hbond substituents is 1. The molecule has 0 unspecified atom stereocenters. The number of carbonyl (C=O) groups is 1. The second-order valence-electron chi connectivity index (χ2n) is 4.79. The Labute approximate surface area is 130 Å². The van der Waals surface area contributed by atoms with Crippen molar-refractivity contribution in [2.24, 2.45) is 0 Å². The van der Waals surface area contributed by atoms with E-state index in [0.717, 1.165) is 12.0 Å². The largest absolute Gasteiger partial charge is 0.504 e. The van der Waals surface area contributed by atoms with Crippen LogP contribution in [0, 0.1) is 0 Å². The minimum Gasteiger partial charge on any atom is -0.504 e. The van der Waals surface area contributed by atoms with Gasteiger partial charge in [0, 0.05) is 12.6 Å². The SMILES string of the molecule is COc1cc(C=CC(=O)NCCc2ccccc2)ccc1O. The van der Waals surface area contributed by atoms with Crippen LogP contribution in [-0.4, -0.2) is 24.7 Å². The highest BCUT2D eigenvalue weighted by atomic mass is 16.5. The van der Waals surface area contributed by atoms with Gasteiger partial charge in [-0.25, -0.2) is 0 Å². The molecule has 4 heteroatoms. The van der Waals surface area contributed by atoms with Crippen molar-refractivity contribution in [1.82, 2.24) is 5.32 Å². The zero-order valence-electron chi connectivity index (χ0n) is 12.5. The van der Waals surface area contributed by atoms with Gasteiger partial charge in [0.2, 0.25) is 5.91 Å². The van der Waals surface area contributed by atoms with E-state index < -0.39 is 0 Å². The second-order valence-corrected chi connectivity index (χ2v) is 4.79. The van der Waals surface area contributed by atoms with Crippen molar-refractivity contribution < 1.29 is 14.6 Å². The van der Waals surface area contributed by atoms with E-state index in [4.69, 9.17) is 4.74 Å². The summed E-state index contributed by atoms with van der Waals surface area (Å²) in [4.78, 5) is 11.7. The molecule has 0 aliphatic carbocycles. The molecule has 0 radical (unpaired) electrons. The van der Waals surface area contributed by atoms with Crippen LogP contribution in [0.2, 0.25) is 0 Å². The summed E-state index contributed by atoms with van der Waals surface area (Å²) in [5.41, 5.74) is 1.97. The highest BCUT2D eigenvalue weighted by molar-refractivity contribution is 5.91. The Morgan fingerprint density at radius 1 is 1.23 bits per heavy atom. The van der Waals surface area contributed by atoms with Gasteiger partial charge in [-0.2, -0.15) is 0 Å². The van der Waals surface area contributed by atoms with Crippen molar-refractivity contribution in [2.45, 2.75) is 6.42 Å². The molecule has 4 nitrogen and oxygen atoms in total. The molecule has 0 saturated heterocycles. The lowest BCUT2D eigenvalue weighted by atomic mass is 10.1. The third kappa shape index (κ3) is 4.66. The van der Waals surface area contributed by atoms with Gasteiger partial charge in [-0.1, -0.05) is 36.4 Å². The van der Waals surface area contributed by atoms with E-state index in [9.17, 15) is 9.90 Å². The predicted molar refractivity (Wildman–Crippen MR) is 86.8 cm³/mol. The van der Waals surface area contributed by atoms with Gasteiger partial charge in [0.25, 0.3) is 0 Å². The molecule has 2 rings (SSSR count). The molecule has 0 aliphatic heterocycles. The molecule has 0 fully saturated rings. The number of benzene rings is 2. The molecule has 0 atom stereocenters. The highest BCUT2D eigenvalue weighted by Gasteiger charge is 2.01. The molecular weight excluding hydrogens is 278 g/mol. The van der Waals surface area contributed by atoms with Crippen molar-refractivity contribution >= 4 is 12.0 Å². The number of phenols is 1. The second kappa shape index (κ2) is 7.88. The molecule has 0 saturated carbocycles. The molecule has 0 heterocycles. The van der Waals surface area contributed by atoms with Crippen molar-refractivity contribution in [1.29, 1.82) is 0 Å². The van der Waals surface area contributed by atoms with Crippen LogP contribution in [-0.2, 0) is 11.2 Å². The zero-order chi connectivity index (χ0) is 15.8. The van der Waals surface area contributed by atoms with E-state index in [0.29, 0.717) is 12.3 Å². The first-order valence-corrected chi connectivity index (χ1v) is 7.06. The average molecular weight is 297 g/mol. The van der Waals surface area contributed by atoms with Crippen LogP contribution in [0.3, 0.4) is 0 Å². The molecule has 2 aromatic carbocycles. The minimum atomic E-state index is -0.150. The summed E-state index contributed by atoms with van der Waals surface area (Å²) in [6, 6.07) is 14.9. The third-order valence-corrected chi connectivity index (χ3v) is 3.19. The van der Waals surface area contributed by atoms with Crippen LogP contribution >= 0.6 is 0 Å². The van der Waals surface area contributed by atoms with Crippen LogP contribution < -0.4 is 10.1 Å². The third-order valence-electron chi connectivity index (χ3n) is 3.19. The van der Waals surface area contributed by atoms with E-state index in [-0.39, 0.29) is 11.7 Å². The van der Waals surface area contributed by atoms with Gasteiger partial charge in [-0.05, 0) is 35.8 Å². The minimum absolute atomic E-state index is 0.0759. The number of carbonyl (C=O) groups excluding carboxylic acids is 1. The van der Waals surface area contributed by atoms with Crippen LogP contribution in [0.25, 0.3) is 6.08 Å². The van der Waals surface area contributed by atoms with Crippen LogP contribution in [0.5, 0.6) is 11.5 Å². The Kier molecular flexibility index (Phi) is 5.60. The maximum Gasteiger partial charge on any atom is 0.244 e. The first kappa shape index (κ1) is 15.6. The summed E-state index contributed by atoms with van der Waals surface area (Å²) < 4.78 is 5.02. The molecule has 114 valence electrons. The standard InChI is InChI=1S/C18H19NO3/c1-22-17-13-15(7-9-16(17)20)8-10-18(21)19-12-11-14-5-3-2-4-6-14/h2-10,13,20H,11-12H2,1H3,(H,19,21). The van der Waals surface area contributed by atoms with Crippen LogP contribution in [0.1, 0.15) is 11.1 Å². The van der Waals surface area contributed by atoms with Crippen molar-refractivity contribution in [3.8, 4) is 11.5 Å². The lowest BCUT2D eigenvalue weighted by Crippen LogP contribution is -2.23. The van der Waals surface area contributed by atoms with Crippen molar-refractivity contribution in [2.75, 3.05) is 13.7 Å². The molecule has 2 aromatic rings. The Balaban J connectivity index is 1.83. The summed E-state index contributed by atoms with van der Waals surface area (Å²) in [6.07, 6.45) is 3.95. The number of ether oxygens (including phenoxy) is 1. The zero-order valence-corrected chi connectivity index (χ0v) is 12.5. The van der Waals surface area contributed by atoms with E-state index in [1.165, 1.54) is 24.8 Å². The van der Waals surface area contributed by atoms with Crippen molar-refractivity contribution in [3.05, 3.63) is 65.7 Å². The van der Waals surface area contributed by atoms with Crippen LogP contribution in [0.4, 0.5) is 0 Å². The molecule has 1 amide bonds. The fourth-order valence-corrected chi connectivity index (χ4v) is 2.00. The van der Waals surface area contributed by atoms with E-state index in [2.05, 4.69) is 5.32 Å². The van der Waals surface area contributed by atoms with Gasteiger partial charge in [-0.15, -0.1) is 0 Å². The molecule has 22 heavy (non-hydrogen) atoms. The van der Waals surface area contributed by atoms with E-state index in [1.807, 2.05) is 30.3 Å². The summed E-state index contributed by atoms with van der Waals surface area (Å²) in [5, 5.41) is 12.3. The first-order valence-electron chi connectivity index (χ1n) is 7.06. The number of aromatic hydroxyl groups is 1. The summed E-state index contributed by atoms with van der Waals surface area (Å²) >= 11 is 0. The van der Waals surface area contributed by atoms with Gasteiger partial charge >= 0.3 is 0 Å². The summed E-state index contributed by atoms with van der Waals surface area (Å²) in [5.74, 6) is 0.307. The van der Waals surface area contributed by atoms with Gasteiger partial charge in [-0.3, -0.25) is 4.79 Å². The summed E-state index contributed by atoms with van der Waals surface area (Å²) in [6.45, 7) is 0.589. The van der Waals surface area contributed by atoms with E-state index >= 15 is 0 Å². The smallest absolute Gasteiger partial charge is 0.244 e. The van der Waals surface area contributed by atoms with Gasteiger partial charge < -0.3 is 15.2 Å². The number of amides is 1. The van der Waals surface area contributed by atoms with Gasteiger partial charge in [0.15, 0.2) is 11.5 Å². The van der Waals surface area contributed by atoms with Gasteiger partial charge in [0.05, 0.1) is 7.11 Å². The fourth-order valence-electron chi connectivity index (χ4n) is 2.00.